The number of ether oxygens (including phenoxy) is 1. The first kappa shape index (κ1) is 25.7. The minimum Gasteiger partial charge on any atom is -0.480 e. The Bertz CT molecular complexity index is 1060. The van der Waals surface area contributed by atoms with Crippen LogP contribution < -0.4 is 10.6 Å². The molecule has 1 aliphatic rings. The van der Waals surface area contributed by atoms with Crippen LogP contribution in [0.15, 0.2) is 35.7 Å². The van der Waals surface area contributed by atoms with Crippen molar-refractivity contribution < 1.29 is 24.2 Å². The van der Waals surface area contributed by atoms with Gasteiger partial charge in [0.05, 0.1) is 0 Å². The number of carbonyl (C=O) groups excluding carboxylic acids is 2. The number of carboxylic acids is 1. The van der Waals surface area contributed by atoms with Crippen molar-refractivity contribution in [1.29, 1.82) is 0 Å². The average molecular weight is 487 g/mol. The molecule has 7 nitrogen and oxygen atoms in total. The normalized spacial score (nSPS) is 18.5. The topological polar surface area (TPSA) is 105 Å². The van der Waals surface area contributed by atoms with Crippen molar-refractivity contribution in [2.75, 3.05) is 5.32 Å². The SMILES string of the molecule is CC(C)C[C@H](NC(=O)C1(Cc2ccsc2C(=O)OC(C)(C)C)CCc2ccccc2N1)C(=O)O. The van der Waals surface area contributed by atoms with Gasteiger partial charge in [-0.05, 0) is 74.6 Å². The molecule has 0 radical (unpaired) electrons. The molecule has 34 heavy (non-hydrogen) atoms. The molecule has 1 amide bonds. The number of thiophene rings is 1. The Labute approximate surface area is 204 Å². The van der Waals surface area contributed by atoms with Gasteiger partial charge in [-0.1, -0.05) is 32.0 Å². The van der Waals surface area contributed by atoms with Gasteiger partial charge in [0.15, 0.2) is 0 Å². The lowest BCUT2D eigenvalue weighted by molar-refractivity contribution is -0.143. The molecule has 0 bridgehead atoms. The number of aryl methyl sites for hydroxylation is 1. The smallest absolute Gasteiger partial charge is 0.349 e. The molecule has 8 heteroatoms. The van der Waals surface area contributed by atoms with E-state index in [2.05, 4.69) is 10.6 Å². The Morgan fingerprint density at radius 3 is 2.56 bits per heavy atom. The highest BCUT2D eigenvalue weighted by atomic mass is 32.1. The van der Waals surface area contributed by atoms with Crippen molar-refractivity contribution in [2.24, 2.45) is 5.92 Å². The van der Waals surface area contributed by atoms with Crippen LogP contribution in [0.5, 0.6) is 0 Å². The second kappa shape index (κ2) is 10.2. The number of nitrogens with one attached hydrogen (secondary N) is 2. The van der Waals surface area contributed by atoms with Crippen LogP contribution in [-0.2, 0) is 27.2 Å². The number of rotatable bonds is 8. The zero-order valence-electron chi connectivity index (χ0n) is 20.4. The molecule has 1 aromatic heterocycles. The number of carbonyl (C=O) groups is 3. The van der Waals surface area contributed by atoms with Crippen LogP contribution in [0, 0.1) is 5.92 Å². The fourth-order valence-corrected chi connectivity index (χ4v) is 5.00. The molecular formula is C26H34N2O5S. The Morgan fingerprint density at radius 1 is 1.21 bits per heavy atom. The molecular weight excluding hydrogens is 452 g/mol. The zero-order valence-corrected chi connectivity index (χ0v) is 21.3. The molecule has 0 fully saturated rings. The van der Waals surface area contributed by atoms with E-state index in [0.717, 1.165) is 11.3 Å². The van der Waals surface area contributed by atoms with E-state index in [1.807, 2.05) is 70.3 Å². The van der Waals surface area contributed by atoms with Crippen molar-refractivity contribution >= 4 is 34.9 Å². The van der Waals surface area contributed by atoms with E-state index in [0.29, 0.717) is 29.7 Å². The highest BCUT2D eigenvalue weighted by Gasteiger charge is 2.43. The maximum atomic E-state index is 13.7. The molecule has 0 aliphatic carbocycles. The van der Waals surface area contributed by atoms with Crippen molar-refractivity contribution in [3.63, 3.8) is 0 Å². The van der Waals surface area contributed by atoms with Crippen LogP contribution in [0.2, 0.25) is 0 Å². The third kappa shape index (κ3) is 6.17. The quantitative estimate of drug-likeness (QED) is 0.469. The molecule has 0 saturated carbocycles. The summed E-state index contributed by atoms with van der Waals surface area (Å²) in [5.41, 5.74) is 0.906. The van der Waals surface area contributed by atoms with Gasteiger partial charge in [0, 0.05) is 12.1 Å². The predicted molar refractivity (Wildman–Crippen MR) is 133 cm³/mol. The summed E-state index contributed by atoms with van der Waals surface area (Å²) in [6.07, 6.45) is 1.69. The predicted octanol–water partition coefficient (Wildman–Crippen LogP) is 4.66. The van der Waals surface area contributed by atoms with E-state index >= 15 is 0 Å². The number of aliphatic carboxylic acids is 1. The van der Waals surface area contributed by atoms with Gasteiger partial charge in [0.2, 0.25) is 5.91 Å². The molecule has 1 aliphatic heterocycles. The number of carboxylic acid groups (broad SMARTS) is 1. The van der Waals surface area contributed by atoms with Crippen LogP contribution in [-0.4, -0.2) is 40.1 Å². The largest absolute Gasteiger partial charge is 0.480 e. The lowest BCUT2D eigenvalue weighted by Gasteiger charge is -2.39. The van der Waals surface area contributed by atoms with Gasteiger partial charge in [-0.3, -0.25) is 4.79 Å². The van der Waals surface area contributed by atoms with E-state index < -0.39 is 29.1 Å². The van der Waals surface area contributed by atoms with E-state index in [1.165, 1.54) is 11.3 Å². The first-order valence-corrected chi connectivity index (χ1v) is 12.5. The van der Waals surface area contributed by atoms with Gasteiger partial charge in [0.25, 0.3) is 0 Å². The fraction of sp³-hybridized carbons (Fsp3) is 0.500. The lowest BCUT2D eigenvalue weighted by atomic mass is 9.80. The number of hydrogen-bond donors (Lipinski definition) is 3. The Morgan fingerprint density at radius 2 is 1.91 bits per heavy atom. The number of esters is 1. The van der Waals surface area contributed by atoms with Crippen molar-refractivity contribution in [2.45, 2.75) is 77.5 Å². The molecule has 2 aromatic rings. The number of hydrogen-bond acceptors (Lipinski definition) is 6. The van der Waals surface area contributed by atoms with Crippen molar-refractivity contribution in [1.82, 2.24) is 5.32 Å². The Kier molecular flexibility index (Phi) is 7.70. The summed E-state index contributed by atoms with van der Waals surface area (Å²) in [7, 11) is 0. The Balaban J connectivity index is 1.95. The number of fused-ring (bicyclic) bond motifs is 1. The van der Waals surface area contributed by atoms with Crippen molar-refractivity contribution in [3.8, 4) is 0 Å². The van der Waals surface area contributed by atoms with Gasteiger partial charge in [-0.15, -0.1) is 11.3 Å². The highest BCUT2D eigenvalue weighted by Crippen LogP contribution is 2.35. The standard InChI is InChI=1S/C26H34N2O5S/c1-16(2)14-20(22(29)30)27-24(32)26(12-10-17-8-6-7-9-19(17)28-26)15-18-11-13-34-21(18)23(31)33-25(3,4)5/h6-9,11,13,16,20,28H,10,12,14-15H2,1-5H3,(H,27,32)(H,29,30)/t20-,26?/m0/s1. The van der Waals surface area contributed by atoms with E-state index in [-0.39, 0.29) is 18.2 Å². The average Bonchev–Trinajstić information content (AvgIpc) is 3.19. The fourth-order valence-electron chi connectivity index (χ4n) is 4.20. The molecule has 0 saturated heterocycles. The van der Waals surface area contributed by atoms with Gasteiger partial charge in [-0.2, -0.15) is 0 Å². The van der Waals surface area contributed by atoms with Gasteiger partial charge in [0.1, 0.15) is 22.1 Å². The third-order valence-electron chi connectivity index (χ3n) is 5.78. The molecule has 184 valence electrons. The van der Waals surface area contributed by atoms with Gasteiger partial charge >= 0.3 is 11.9 Å². The van der Waals surface area contributed by atoms with Crippen LogP contribution in [0.4, 0.5) is 5.69 Å². The number of benzene rings is 1. The number of anilines is 1. The van der Waals surface area contributed by atoms with Crippen molar-refractivity contribution in [3.05, 3.63) is 51.7 Å². The van der Waals surface area contributed by atoms with Gasteiger partial charge < -0.3 is 20.5 Å². The summed E-state index contributed by atoms with van der Waals surface area (Å²) < 4.78 is 5.57. The zero-order chi connectivity index (χ0) is 25.1. The third-order valence-corrected chi connectivity index (χ3v) is 6.72. The Hall–Kier alpha value is -2.87. The molecule has 1 unspecified atom stereocenters. The monoisotopic (exact) mass is 486 g/mol. The lowest BCUT2D eigenvalue weighted by Crippen LogP contribution is -2.59. The van der Waals surface area contributed by atoms with Gasteiger partial charge in [-0.25, -0.2) is 9.59 Å². The molecule has 3 rings (SSSR count). The van der Waals surface area contributed by atoms with Crippen LogP contribution in [0.3, 0.4) is 0 Å². The maximum absolute atomic E-state index is 13.7. The summed E-state index contributed by atoms with van der Waals surface area (Å²) in [6.45, 7) is 9.28. The number of para-hydroxylation sites is 1. The molecule has 2 heterocycles. The van der Waals surface area contributed by atoms with E-state index in [4.69, 9.17) is 4.74 Å². The molecule has 1 aromatic carbocycles. The summed E-state index contributed by atoms with van der Waals surface area (Å²) in [5.74, 6) is -1.75. The number of amides is 1. The first-order valence-electron chi connectivity index (χ1n) is 11.6. The second-order valence-electron chi connectivity index (χ2n) is 10.3. The maximum Gasteiger partial charge on any atom is 0.349 e. The summed E-state index contributed by atoms with van der Waals surface area (Å²) in [5, 5.41) is 17.7. The summed E-state index contributed by atoms with van der Waals surface area (Å²) >= 11 is 1.28. The van der Waals surface area contributed by atoms with Crippen LogP contribution in [0.25, 0.3) is 0 Å². The first-order chi connectivity index (χ1) is 15.9. The molecule has 0 spiro atoms. The summed E-state index contributed by atoms with van der Waals surface area (Å²) in [4.78, 5) is 38.9. The highest BCUT2D eigenvalue weighted by molar-refractivity contribution is 7.12. The molecule has 2 atom stereocenters. The second-order valence-corrected chi connectivity index (χ2v) is 11.2. The van der Waals surface area contributed by atoms with Crippen LogP contribution >= 0.6 is 11.3 Å². The minimum absolute atomic E-state index is 0.105. The van der Waals surface area contributed by atoms with E-state index in [1.54, 1.807) is 0 Å². The summed E-state index contributed by atoms with van der Waals surface area (Å²) in [6, 6.07) is 8.63. The van der Waals surface area contributed by atoms with E-state index in [9.17, 15) is 19.5 Å². The van der Waals surface area contributed by atoms with Crippen LogP contribution in [0.1, 0.15) is 68.3 Å². The molecule has 3 N–H and O–H groups in total. The minimum atomic E-state index is -1.10.